The highest BCUT2D eigenvalue weighted by Crippen LogP contribution is 2.46. The van der Waals surface area contributed by atoms with Gasteiger partial charge in [-0.1, -0.05) is 23.2 Å². The normalized spacial score (nSPS) is 24.4. The zero-order valence-electron chi connectivity index (χ0n) is 14.2. The molecule has 0 radical (unpaired) electrons. The van der Waals surface area contributed by atoms with Crippen molar-refractivity contribution in [2.45, 2.75) is 32.2 Å². The van der Waals surface area contributed by atoms with Crippen LogP contribution >= 0.6 is 23.2 Å². The fourth-order valence-electron chi connectivity index (χ4n) is 3.81. The quantitative estimate of drug-likeness (QED) is 0.842. The molecule has 6 nitrogen and oxygen atoms in total. The fourth-order valence-corrected chi connectivity index (χ4v) is 4.11. The number of nitrogens with one attached hydrogen (secondary N) is 2. The number of benzene rings is 1. The Morgan fingerprint density at radius 2 is 2.08 bits per heavy atom. The van der Waals surface area contributed by atoms with Crippen molar-refractivity contribution in [2.75, 3.05) is 6.54 Å². The van der Waals surface area contributed by atoms with Crippen LogP contribution in [-0.2, 0) is 4.79 Å². The summed E-state index contributed by atoms with van der Waals surface area (Å²) in [6.07, 6.45) is 2.23. The Morgan fingerprint density at radius 3 is 2.73 bits per heavy atom. The maximum atomic E-state index is 12.5. The average molecular weight is 393 g/mol. The molecule has 8 heteroatoms. The Kier molecular flexibility index (Phi) is 4.20. The lowest BCUT2D eigenvalue weighted by Crippen LogP contribution is -2.53. The van der Waals surface area contributed by atoms with E-state index in [-0.39, 0.29) is 23.3 Å². The number of aromatic nitrogens is 2. The topological polar surface area (TPSA) is 76.0 Å². The number of aryl methyl sites for hydroxylation is 1. The number of nitrogens with zero attached hydrogens (tertiary/aromatic N) is 2. The second-order valence-electron chi connectivity index (χ2n) is 7.05. The first-order chi connectivity index (χ1) is 12.4. The van der Waals surface area contributed by atoms with Gasteiger partial charge in [-0.2, -0.15) is 5.10 Å². The number of hydrogen-bond donors (Lipinski definition) is 2. The van der Waals surface area contributed by atoms with Crippen molar-refractivity contribution in [1.82, 2.24) is 20.4 Å². The minimum Gasteiger partial charge on any atom is -0.356 e. The number of amides is 2. The monoisotopic (exact) mass is 392 g/mol. The van der Waals surface area contributed by atoms with Gasteiger partial charge in [0, 0.05) is 18.3 Å². The molecule has 2 amide bonds. The number of carbonyl (C=O) groups is 2. The lowest BCUT2D eigenvalue weighted by molar-refractivity contribution is -0.133. The highest BCUT2D eigenvalue weighted by molar-refractivity contribution is 6.42. The summed E-state index contributed by atoms with van der Waals surface area (Å²) < 4.78 is 1.66. The van der Waals surface area contributed by atoms with E-state index in [1.54, 1.807) is 28.9 Å². The average Bonchev–Trinajstić information content (AvgIpc) is 3.13. The Bertz CT molecular complexity index is 903. The molecule has 2 aliphatic rings. The second-order valence-corrected chi connectivity index (χ2v) is 7.86. The Labute approximate surface area is 160 Å². The first-order valence-electron chi connectivity index (χ1n) is 8.49. The molecule has 2 aromatic rings. The smallest absolute Gasteiger partial charge is 0.272 e. The van der Waals surface area contributed by atoms with Crippen molar-refractivity contribution in [1.29, 1.82) is 0 Å². The molecule has 26 heavy (non-hydrogen) atoms. The molecule has 4 rings (SSSR count). The minimum atomic E-state index is -0.271. The van der Waals surface area contributed by atoms with Gasteiger partial charge in [-0.05, 0) is 50.5 Å². The van der Waals surface area contributed by atoms with Gasteiger partial charge >= 0.3 is 0 Å². The van der Waals surface area contributed by atoms with Gasteiger partial charge in [-0.3, -0.25) is 9.59 Å². The molecule has 1 aliphatic heterocycles. The summed E-state index contributed by atoms with van der Waals surface area (Å²) in [5.41, 5.74) is 1.62. The van der Waals surface area contributed by atoms with E-state index >= 15 is 0 Å². The van der Waals surface area contributed by atoms with Crippen LogP contribution in [-0.4, -0.2) is 34.2 Å². The lowest BCUT2D eigenvalue weighted by Gasteiger charge is -2.42. The molecular formula is C18H18Cl2N4O2. The molecule has 0 unspecified atom stereocenters. The maximum absolute atomic E-state index is 12.5. The highest BCUT2D eigenvalue weighted by atomic mass is 35.5. The van der Waals surface area contributed by atoms with E-state index in [9.17, 15) is 9.59 Å². The summed E-state index contributed by atoms with van der Waals surface area (Å²) >= 11 is 12.0. The van der Waals surface area contributed by atoms with Crippen LogP contribution in [0, 0.1) is 12.3 Å². The van der Waals surface area contributed by atoms with Crippen LogP contribution in [0.1, 0.15) is 35.4 Å². The van der Waals surface area contributed by atoms with Crippen molar-refractivity contribution in [3.05, 3.63) is 45.7 Å². The van der Waals surface area contributed by atoms with E-state index in [1.807, 2.05) is 6.92 Å². The number of carbonyl (C=O) groups excluding carboxylic acids is 2. The van der Waals surface area contributed by atoms with Gasteiger partial charge in [-0.15, -0.1) is 0 Å². The number of hydrogen-bond acceptors (Lipinski definition) is 3. The van der Waals surface area contributed by atoms with Gasteiger partial charge in [0.1, 0.15) is 0 Å². The van der Waals surface area contributed by atoms with E-state index in [1.165, 1.54) is 0 Å². The van der Waals surface area contributed by atoms with Crippen molar-refractivity contribution < 1.29 is 9.59 Å². The first kappa shape index (κ1) is 17.4. The number of rotatable bonds is 3. The van der Waals surface area contributed by atoms with E-state index in [0.29, 0.717) is 28.6 Å². The van der Waals surface area contributed by atoms with Crippen LogP contribution in [0.2, 0.25) is 10.0 Å². The minimum absolute atomic E-state index is 0.0155. The van der Waals surface area contributed by atoms with Crippen LogP contribution in [0.15, 0.2) is 24.3 Å². The van der Waals surface area contributed by atoms with Crippen LogP contribution in [0.4, 0.5) is 0 Å². The molecule has 1 saturated heterocycles. The first-order valence-corrected chi connectivity index (χ1v) is 9.25. The number of halogens is 2. The molecule has 1 aliphatic carbocycles. The highest BCUT2D eigenvalue weighted by Gasteiger charge is 2.52. The van der Waals surface area contributed by atoms with Crippen molar-refractivity contribution in [3.8, 4) is 5.69 Å². The molecule has 1 aromatic heterocycles. The Balaban J connectivity index is 1.46. The SMILES string of the molecule is Cc1cc(C(=O)NC2CC3(CCNC3=O)C2)nn1-c1ccc(Cl)c(Cl)c1. The molecular weight excluding hydrogens is 375 g/mol. The molecule has 1 spiro atoms. The van der Waals surface area contributed by atoms with Gasteiger partial charge in [0.15, 0.2) is 5.69 Å². The van der Waals surface area contributed by atoms with E-state index in [0.717, 1.165) is 24.3 Å². The zero-order valence-corrected chi connectivity index (χ0v) is 15.7. The summed E-state index contributed by atoms with van der Waals surface area (Å²) in [5.74, 6) is -0.118. The van der Waals surface area contributed by atoms with E-state index < -0.39 is 0 Å². The third-order valence-corrected chi connectivity index (χ3v) is 5.99. The third kappa shape index (κ3) is 2.87. The van der Waals surface area contributed by atoms with Gasteiger partial charge in [-0.25, -0.2) is 4.68 Å². The maximum Gasteiger partial charge on any atom is 0.272 e. The molecule has 0 bridgehead atoms. The van der Waals surface area contributed by atoms with Gasteiger partial charge in [0.05, 0.1) is 21.1 Å². The third-order valence-electron chi connectivity index (χ3n) is 5.25. The lowest BCUT2D eigenvalue weighted by atomic mass is 9.64. The summed E-state index contributed by atoms with van der Waals surface area (Å²) in [5, 5.41) is 11.1. The van der Waals surface area contributed by atoms with Crippen molar-refractivity contribution in [3.63, 3.8) is 0 Å². The fraction of sp³-hybridized carbons (Fsp3) is 0.389. The largest absolute Gasteiger partial charge is 0.356 e. The zero-order chi connectivity index (χ0) is 18.5. The summed E-state index contributed by atoms with van der Waals surface area (Å²) in [7, 11) is 0. The van der Waals surface area contributed by atoms with Crippen LogP contribution in [0.5, 0.6) is 0 Å². The van der Waals surface area contributed by atoms with Gasteiger partial charge in [0.25, 0.3) is 5.91 Å². The summed E-state index contributed by atoms with van der Waals surface area (Å²) in [6.45, 7) is 2.60. The predicted octanol–water partition coefficient (Wildman–Crippen LogP) is 2.89. The second kappa shape index (κ2) is 6.28. The Hall–Kier alpha value is -2.05. The molecule has 2 heterocycles. The summed E-state index contributed by atoms with van der Waals surface area (Å²) in [4.78, 5) is 24.4. The summed E-state index contributed by atoms with van der Waals surface area (Å²) in [6, 6.07) is 6.95. The van der Waals surface area contributed by atoms with Crippen LogP contribution < -0.4 is 10.6 Å². The van der Waals surface area contributed by atoms with Crippen LogP contribution in [0.25, 0.3) is 5.69 Å². The Morgan fingerprint density at radius 1 is 1.31 bits per heavy atom. The molecule has 2 N–H and O–H groups in total. The molecule has 136 valence electrons. The van der Waals surface area contributed by atoms with Crippen LogP contribution in [0.3, 0.4) is 0 Å². The van der Waals surface area contributed by atoms with Crippen molar-refractivity contribution in [2.24, 2.45) is 5.41 Å². The van der Waals surface area contributed by atoms with Crippen molar-refractivity contribution >= 4 is 35.0 Å². The molecule has 1 saturated carbocycles. The van der Waals surface area contributed by atoms with Gasteiger partial charge in [0.2, 0.25) is 5.91 Å². The van der Waals surface area contributed by atoms with Gasteiger partial charge < -0.3 is 10.6 Å². The standard InChI is InChI=1S/C18H18Cl2N4O2/c1-10-6-15(23-24(10)12-2-3-13(19)14(20)7-12)16(25)22-11-8-18(9-11)4-5-21-17(18)26/h2-3,6-7,11H,4-5,8-9H2,1H3,(H,21,26)(H,22,25). The molecule has 1 aromatic carbocycles. The molecule has 0 atom stereocenters. The molecule has 2 fully saturated rings. The van der Waals surface area contributed by atoms with E-state index in [4.69, 9.17) is 23.2 Å². The predicted molar refractivity (Wildman–Crippen MR) is 98.9 cm³/mol. The van der Waals surface area contributed by atoms with E-state index in [2.05, 4.69) is 15.7 Å².